The summed E-state index contributed by atoms with van der Waals surface area (Å²) in [6.07, 6.45) is 1.48. The fourth-order valence-electron chi connectivity index (χ4n) is 1.78. The van der Waals surface area contributed by atoms with Gasteiger partial charge in [0.15, 0.2) is 5.82 Å². The number of hydrogen-bond acceptors (Lipinski definition) is 3. The van der Waals surface area contributed by atoms with Gasteiger partial charge in [0.25, 0.3) is 0 Å². The van der Waals surface area contributed by atoms with E-state index in [1.807, 2.05) is 0 Å². The molecule has 0 fully saturated rings. The van der Waals surface area contributed by atoms with E-state index in [-0.39, 0.29) is 11.5 Å². The Morgan fingerprint density at radius 2 is 1.75 bits per heavy atom. The number of benzene rings is 2. The summed E-state index contributed by atoms with van der Waals surface area (Å²) in [5, 5.41) is 4.23. The number of rotatable bonds is 2. The van der Waals surface area contributed by atoms with Crippen LogP contribution in [0.1, 0.15) is 0 Å². The molecule has 20 heavy (non-hydrogen) atoms. The van der Waals surface area contributed by atoms with E-state index in [1.54, 1.807) is 18.2 Å². The van der Waals surface area contributed by atoms with E-state index in [4.69, 9.17) is 5.73 Å². The Kier molecular flexibility index (Phi) is 2.90. The Labute approximate surface area is 113 Å². The number of hydrogen-bond donors (Lipinski definition) is 1. The molecule has 0 radical (unpaired) electrons. The topological polar surface area (TPSA) is 56.7 Å². The summed E-state index contributed by atoms with van der Waals surface area (Å²) in [4.78, 5) is 4.11. The first kappa shape index (κ1) is 12.3. The molecule has 2 N–H and O–H groups in total. The molecule has 0 aliphatic carbocycles. The van der Waals surface area contributed by atoms with E-state index >= 15 is 0 Å². The summed E-state index contributed by atoms with van der Waals surface area (Å²) in [7, 11) is 0. The summed E-state index contributed by atoms with van der Waals surface area (Å²) < 4.78 is 27.8. The van der Waals surface area contributed by atoms with Crippen molar-refractivity contribution in [1.82, 2.24) is 14.8 Å². The van der Waals surface area contributed by atoms with E-state index in [1.165, 1.54) is 35.3 Å². The zero-order valence-electron chi connectivity index (χ0n) is 10.3. The lowest BCUT2D eigenvalue weighted by atomic mass is 10.2. The number of nitrogens with zero attached hydrogens (tertiary/aromatic N) is 3. The summed E-state index contributed by atoms with van der Waals surface area (Å²) in [5.41, 5.74) is 6.69. The minimum Gasteiger partial charge on any atom is -0.396 e. The van der Waals surface area contributed by atoms with Crippen LogP contribution >= 0.6 is 0 Å². The van der Waals surface area contributed by atoms with Crippen molar-refractivity contribution in [3.8, 4) is 17.1 Å². The normalized spacial score (nSPS) is 10.7. The molecule has 0 aliphatic heterocycles. The van der Waals surface area contributed by atoms with Crippen molar-refractivity contribution in [2.75, 3.05) is 5.73 Å². The summed E-state index contributed by atoms with van der Waals surface area (Å²) in [6.45, 7) is 0. The van der Waals surface area contributed by atoms with Gasteiger partial charge in [0.05, 0.1) is 11.4 Å². The van der Waals surface area contributed by atoms with Gasteiger partial charge in [-0.15, -0.1) is 5.10 Å². The van der Waals surface area contributed by atoms with Crippen LogP contribution in [0.4, 0.5) is 14.5 Å². The largest absolute Gasteiger partial charge is 0.396 e. The Hall–Kier alpha value is -2.76. The molecule has 6 heteroatoms. The molecule has 0 saturated carbocycles. The van der Waals surface area contributed by atoms with Crippen LogP contribution in [0.25, 0.3) is 17.1 Å². The molecular weight excluding hydrogens is 262 g/mol. The van der Waals surface area contributed by atoms with Crippen LogP contribution in [0.15, 0.2) is 48.8 Å². The van der Waals surface area contributed by atoms with Crippen LogP contribution < -0.4 is 5.73 Å². The molecule has 100 valence electrons. The van der Waals surface area contributed by atoms with Crippen molar-refractivity contribution in [2.24, 2.45) is 0 Å². The van der Waals surface area contributed by atoms with Crippen molar-refractivity contribution in [2.45, 2.75) is 0 Å². The molecule has 3 rings (SSSR count). The Balaban J connectivity index is 1.97. The number of nitrogen functional groups attached to an aromatic ring is 1. The minimum atomic E-state index is -0.513. The number of aromatic nitrogens is 3. The second-order valence-electron chi connectivity index (χ2n) is 4.23. The first-order valence-corrected chi connectivity index (χ1v) is 5.86. The second kappa shape index (κ2) is 4.73. The molecule has 1 heterocycles. The average molecular weight is 272 g/mol. The van der Waals surface area contributed by atoms with Gasteiger partial charge in [0.2, 0.25) is 0 Å². The molecule has 0 unspecified atom stereocenters. The maximum atomic E-state index is 13.4. The highest BCUT2D eigenvalue weighted by molar-refractivity contribution is 5.59. The lowest BCUT2D eigenvalue weighted by Gasteiger charge is -2.00. The molecule has 0 amide bonds. The molecule has 0 bridgehead atoms. The third kappa shape index (κ3) is 2.23. The predicted molar refractivity (Wildman–Crippen MR) is 71.1 cm³/mol. The van der Waals surface area contributed by atoms with Crippen LogP contribution in [-0.2, 0) is 0 Å². The van der Waals surface area contributed by atoms with Gasteiger partial charge in [-0.25, -0.2) is 18.4 Å². The second-order valence-corrected chi connectivity index (χ2v) is 4.23. The molecule has 3 aromatic rings. The molecule has 1 aromatic heterocycles. The van der Waals surface area contributed by atoms with Gasteiger partial charge in [0.1, 0.15) is 18.0 Å². The highest BCUT2D eigenvalue weighted by atomic mass is 19.1. The summed E-state index contributed by atoms with van der Waals surface area (Å²) in [6, 6.07) is 10.2. The van der Waals surface area contributed by atoms with Crippen molar-refractivity contribution in [3.63, 3.8) is 0 Å². The van der Waals surface area contributed by atoms with Gasteiger partial charge in [-0.3, -0.25) is 0 Å². The van der Waals surface area contributed by atoms with E-state index in [9.17, 15) is 8.78 Å². The number of anilines is 1. The predicted octanol–water partition coefficient (Wildman–Crippen LogP) is 2.79. The van der Waals surface area contributed by atoms with Crippen LogP contribution in [0, 0.1) is 11.6 Å². The van der Waals surface area contributed by atoms with E-state index in [0.717, 1.165) is 0 Å². The van der Waals surface area contributed by atoms with Gasteiger partial charge in [-0.05, 0) is 42.5 Å². The first-order valence-electron chi connectivity index (χ1n) is 5.86. The van der Waals surface area contributed by atoms with Crippen LogP contribution in [0.5, 0.6) is 0 Å². The van der Waals surface area contributed by atoms with Gasteiger partial charge < -0.3 is 5.73 Å². The molecule has 0 aliphatic rings. The molecule has 4 nitrogen and oxygen atoms in total. The fourth-order valence-corrected chi connectivity index (χ4v) is 1.78. The first-order chi connectivity index (χ1) is 9.63. The Bertz CT molecular complexity index is 750. The highest BCUT2D eigenvalue weighted by Gasteiger charge is 2.08. The number of halogens is 2. The highest BCUT2D eigenvalue weighted by Crippen LogP contribution is 2.20. The molecule has 0 saturated heterocycles. The van der Waals surface area contributed by atoms with E-state index in [0.29, 0.717) is 17.1 Å². The monoisotopic (exact) mass is 272 g/mol. The quantitative estimate of drug-likeness (QED) is 0.730. The van der Waals surface area contributed by atoms with E-state index in [2.05, 4.69) is 10.1 Å². The molecular formula is C14H10F2N4. The van der Waals surface area contributed by atoms with Gasteiger partial charge >= 0.3 is 0 Å². The number of nitrogens with two attached hydrogens (primary N) is 1. The average Bonchev–Trinajstić information content (AvgIpc) is 2.92. The van der Waals surface area contributed by atoms with Gasteiger partial charge in [-0.1, -0.05) is 0 Å². The van der Waals surface area contributed by atoms with Crippen molar-refractivity contribution in [3.05, 3.63) is 60.4 Å². The minimum absolute atomic E-state index is 0.0757. The molecule has 0 atom stereocenters. The maximum absolute atomic E-state index is 13.4. The lowest BCUT2D eigenvalue weighted by molar-refractivity contribution is 0.627. The molecule has 0 spiro atoms. The Morgan fingerprint density at radius 1 is 1.00 bits per heavy atom. The van der Waals surface area contributed by atoms with Gasteiger partial charge in [-0.2, -0.15) is 0 Å². The third-order valence-corrected chi connectivity index (χ3v) is 2.84. The van der Waals surface area contributed by atoms with Crippen LogP contribution in [-0.4, -0.2) is 14.8 Å². The van der Waals surface area contributed by atoms with Crippen molar-refractivity contribution in [1.29, 1.82) is 0 Å². The Morgan fingerprint density at radius 3 is 2.45 bits per heavy atom. The van der Waals surface area contributed by atoms with E-state index < -0.39 is 5.82 Å². The standard InChI is InChI=1S/C14H10F2N4/c15-10-2-4-11(5-3-10)20-8-18-14(19-20)9-1-6-13(17)12(16)7-9/h1-8H,17H2. The van der Waals surface area contributed by atoms with Crippen molar-refractivity contribution < 1.29 is 8.78 Å². The summed E-state index contributed by atoms with van der Waals surface area (Å²) >= 11 is 0. The zero-order chi connectivity index (χ0) is 14.1. The maximum Gasteiger partial charge on any atom is 0.181 e. The van der Waals surface area contributed by atoms with Crippen LogP contribution in [0.2, 0.25) is 0 Å². The van der Waals surface area contributed by atoms with Gasteiger partial charge in [0, 0.05) is 5.56 Å². The molecule has 2 aromatic carbocycles. The zero-order valence-corrected chi connectivity index (χ0v) is 10.3. The smallest absolute Gasteiger partial charge is 0.181 e. The van der Waals surface area contributed by atoms with Crippen LogP contribution in [0.3, 0.4) is 0 Å². The van der Waals surface area contributed by atoms with Crippen molar-refractivity contribution >= 4 is 5.69 Å². The lowest BCUT2D eigenvalue weighted by Crippen LogP contribution is -1.95. The summed E-state index contributed by atoms with van der Waals surface area (Å²) in [5.74, 6) is -0.469. The fraction of sp³-hybridized carbons (Fsp3) is 0. The SMILES string of the molecule is Nc1ccc(-c2ncn(-c3ccc(F)cc3)n2)cc1F. The third-order valence-electron chi connectivity index (χ3n) is 2.84.